The van der Waals surface area contributed by atoms with Crippen molar-refractivity contribution in [3.63, 3.8) is 0 Å². The van der Waals surface area contributed by atoms with Crippen molar-refractivity contribution in [3.8, 4) is 0 Å². The van der Waals surface area contributed by atoms with E-state index in [1.807, 2.05) is 12.1 Å². The average molecular weight is 263 g/mol. The molecule has 3 rings (SSSR count). The van der Waals surface area contributed by atoms with Crippen LogP contribution in [0.25, 0.3) is 0 Å². The summed E-state index contributed by atoms with van der Waals surface area (Å²) in [4.78, 5) is 22.9. The fraction of sp³-hybridized carbons (Fsp3) is 0.500. The number of rotatable bonds is 4. The van der Waals surface area contributed by atoms with Gasteiger partial charge in [0.15, 0.2) is 0 Å². The zero-order chi connectivity index (χ0) is 13.1. The lowest BCUT2D eigenvalue weighted by Gasteiger charge is -2.22. The van der Waals surface area contributed by atoms with E-state index in [4.69, 9.17) is 14.5 Å². The molecule has 0 bridgehead atoms. The molecule has 2 heterocycles. The first-order valence-electron chi connectivity index (χ1n) is 6.51. The van der Waals surface area contributed by atoms with Gasteiger partial charge in [0.2, 0.25) is 0 Å². The third kappa shape index (κ3) is 2.57. The van der Waals surface area contributed by atoms with Crippen molar-refractivity contribution in [1.29, 1.82) is 0 Å². The highest BCUT2D eigenvalue weighted by atomic mass is 17.2. The van der Waals surface area contributed by atoms with Gasteiger partial charge in [-0.1, -0.05) is 12.1 Å². The van der Waals surface area contributed by atoms with Gasteiger partial charge in [-0.2, -0.15) is 0 Å². The van der Waals surface area contributed by atoms with Crippen molar-refractivity contribution >= 4 is 12.2 Å². The molecule has 1 aromatic rings. The van der Waals surface area contributed by atoms with E-state index in [0.29, 0.717) is 19.7 Å². The molecule has 5 heteroatoms. The summed E-state index contributed by atoms with van der Waals surface area (Å²) < 4.78 is 4.73. The summed E-state index contributed by atoms with van der Waals surface area (Å²) in [5.74, 6) is 0. The second kappa shape index (κ2) is 5.19. The van der Waals surface area contributed by atoms with Crippen LogP contribution < -0.4 is 4.90 Å². The zero-order valence-corrected chi connectivity index (χ0v) is 10.7. The molecule has 102 valence electrons. The number of carbonyl (C=O) groups is 1. The summed E-state index contributed by atoms with van der Waals surface area (Å²) in [7, 11) is 0. The van der Waals surface area contributed by atoms with E-state index in [9.17, 15) is 4.79 Å². The van der Waals surface area contributed by atoms with Crippen molar-refractivity contribution in [2.24, 2.45) is 0 Å². The Morgan fingerprint density at radius 2 is 2.16 bits per heavy atom. The topological polar surface area (TPSA) is 48.0 Å². The number of hydrogen-bond acceptors (Lipinski definition) is 5. The van der Waals surface area contributed by atoms with Crippen molar-refractivity contribution < 1.29 is 19.3 Å². The van der Waals surface area contributed by atoms with Crippen molar-refractivity contribution in [1.82, 2.24) is 0 Å². The van der Waals surface area contributed by atoms with Gasteiger partial charge in [-0.25, -0.2) is 9.78 Å². The number of hydrogen-bond donors (Lipinski definition) is 0. The molecule has 2 saturated heterocycles. The van der Waals surface area contributed by atoms with Gasteiger partial charge in [0.25, 0.3) is 6.47 Å². The molecule has 0 radical (unpaired) electrons. The van der Waals surface area contributed by atoms with E-state index in [0.717, 1.165) is 31.5 Å². The van der Waals surface area contributed by atoms with Gasteiger partial charge in [-0.15, -0.1) is 0 Å². The van der Waals surface area contributed by atoms with E-state index in [1.165, 1.54) is 5.69 Å². The Labute approximate surface area is 112 Å². The van der Waals surface area contributed by atoms with Crippen LogP contribution in [-0.4, -0.2) is 31.8 Å². The minimum absolute atomic E-state index is 0.112. The molecule has 0 saturated carbocycles. The molecule has 19 heavy (non-hydrogen) atoms. The summed E-state index contributed by atoms with van der Waals surface area (Å²) in [6, 6.07) is 8.07. The summed E-state index contributed by atoms with van der Waals surface area (Å²) >= 11 is 0. The Morgan fingerprint density at radius 1 is 1.32 bits per heavy atom. The Bertz CT molecular complexity index is 439. The molecule has 0 amide bonds. The number of carbonyl (C=O) groups excluding carboxylic acids is 1. The highest BCUT2D eigenvalue weighted by Gasteiger charge is 2.43. The number of anilines is 1. The van der Waals surface area contributed by atoms with E-state index >= 15 is 0 Å². The summed E-state index contributed by atoms with van der Waals surface area (Å²) in [6.45, 7) is 3.33. The SMILES string of the molecule is O=COCc1ccc(N2CCC3(CCOO3)C2)cc1. The zero-order valence-electron chi connectivity index (χ0n) is 10.7. The van der Waals surface area contributed by atoms with Crippen LogP contribution in [0.1, 0.15) is 18.4 Å². The van der Waals surface area contributed by atoms with Crippen LogP contribution >= 0.6 is 0 Å². The van der Waals surface area contributed by atoms with Gasteiger partial charge in [-0.05, 0) is 24.1 Å². The van der Waals surface area contributed by atoms with E-state index in [2.05, 4.69) is 17.0 Å². The van der Waals surface area contributed by atoms with Gasteiger partial charge >= 0.3 is 0 Å². The Balaban J connectivity index is 1.64. The molecular formula is C14H17NO4. The second-order valence-electron chi connectivity index (χ2n) is 5.08. The molecule has 2 aliphatic rings. The highest BCUT2D eigenvalue weighted by Crippen LogP contribution is 2.35. The van der Waals surface area contributed by atoms with Crippen LogP contribution in [0.4, 0.5) is 5.69 Å². The lowest BCUT2D eigenvalue weighted by molar-refractivity contribution is -0.303. The van der Waals surface area contributed by atoms with Gasteiger partial charge in [-0.3, -0.25) is 4.79 Å². The summed E-state index contributed by atoms with van der Waals surface area (Å²) in [6.07, 6.45) is 1.97. The number of nitrogens with zero attached hydrogens (tertiary/aromatic N) is 1. The number of ether oxygens (including phenoxy) is 1. The van der Waals surface area contributed by atoms with Crippen LogP contribution in [0.5, 0.6) is 0 Å². The molecule has 2 fully saturated rings. The average Bonchev–Trinajstić information content (AvgIpc) is 3.08. The molecule has 1 unspecified atom stereocenters. The Morgan fingerprint density at radius 3 is 2.84 bits per heavy atom. The van der Waals surface area contributed by atoms with Crippen molar-refractivity contribution in [3.05, 3.63) is 29.8 Å². The third-order valence-electron chi connectivity index (χ3n) is 3.81. The van der Waals surface area contributed by atoms with Crippen LogP contribution in [0.15, 0.2) is 24.3 Å². The maximum atomic E-state index is 10.1. The molecule has 2 aliphatic heterocycles. The molecule has 0 aliphatic carbocycles. The third-order valence-corrected chi connectivity index (χ3v) is 3.81. The molecule has 0 aromatic heterocycles. The maximum Gasteiger partial charge on any atom is 0.293 e. The largest absolute Gasteiger partial charge is 0.463 e. The van der Waals surface area contributed by atoms with Gasteiger partial charge < -0.3 is 9.64 Å². The fourth-order valence-electron chi connectivity index (χ4n) is 2.71. The maximum absolute atomic E-state index is 10.1. The van der Waals surface area contributed by atoms with Crippen LogP contribution in [0.2, 0.25) is 0 Å². The van der Waals surface area contributed by atoms with Crippen LogP contribution in [0, 0.1) is 0 Å². The summed E-state index contributed by atoms with van der Waals surface area (Å²) in [5, 5.41) is 0. The molecule has 1 aromatic carbocycles. The fourth-order valence-corrected chi connectivity index (χ4v) is 2.71. The first kappa shape index (κ1) is 12.4. The first-order valence-corrected chi connectivity index (χ1v) is 6.51. The van der Waals surface area contributed by atoms with Gasteiger partial charge in [0.05, 0.1) is 13.2 Å². The van der Waals surface area contributed by atoms with Gasteiger partial charge in [0.1, 0.15) is 12.2 Å². The molecule has 1 spiro atoms. The molecule has 0 N–H and O–H groups in total. The number of benzene rings is 1. The predicted octanol–water partition coefficient (Wildman–Crippen LogP) is 1.66. The van der Waals surface area contributed by atoms with Gasteiger partial charge in [0, 0.05) is 18.7 Å². The second-order valence-corrected chi connectivity index (χ2v) is 5.08. The van der Waals surface area contributed by atoms with E-state index < -0.39 is 0 Å². The lowest BCUT2D eigenvalue weighted by atomic mass is 10.0. The van der Waals surface area contributed by atoms with Crippen LogP contribution in [0.3, 0.4) is 0 Å². The molecular weight excluding hydrogens is 246 g/mol. The molecule has 5 nitrogen and oxygen atoms in total. The van der Waals surface area contributed by atoms with Crippen molar-refractivity contribution in [2.45, 2.75) is 25.0 Å². The molecule has 1 atom stereocenters. The minimum Gasteiger partial charge on any atom is -0.463 e. The normalized spacial score (nSPS) is 26.0. The lowest BCUT2D eigenvalue weighted by Crippen LogP contribution is -2.32. The predicted molar refractivity (Wildman–Crippen MR) is 68.5 cm³/mol. The quantitative estimate of drug-likeness (QED) is 0.611. The van der Waals surface area contributed by atoms with Crippen molar-refractivity contribution in [2.75, 3.05) is 24.6 Å². The Hall–Kier alpha value is -1.59. The van der Waals surface area contributed by atoms with E-state index in [-0.39, 0.29) is 5.60 Å². The summed E-state index contributed by atoms with van der Waals surface area (Å²) in [5.41, 5.74) is 2.05. The minimum atomic E-state index is -0.112. The smallest absolute Gasteiger partial charge is 0.293 e. The standard InChI is InChI=1S/C14H17NO4/c16-11-17-9-12-1-3-13(4-2-12)15-7-5-14(10-15)6-8-18-19-14/h1-4,11H,5-10H2. The van der Waals surface area contributed by atoms with E-state index in [1.54, 1.807) is 0 Å². The monoisotopic (exact) mass is 263 g/mol. The first-order chi connectivity index (χ1) is 9.31. The highest BCUT2D eigenvalue weighted by molar-refractivity contribution is 5.49. The van der Waals surface area contributed by atoms with Crippen LogP contribution in [-0.2, 0) is 25.9 Å². The Kier molecular flexibility index (Phi) is 3.40.